The molecule has 0 atom stereocenters. The van der Waals surface area contributed by atoms with Crippen LogP contribution in [-0.4, -0.2) is 12.9 Å². The number of para-hydroxylation sites is 1. The molecule has 0 N–H and O–H groups in total. The van der Waals surface area contributed by atoms with E-state index in [4.69, 9.17) is 4.74 Å². The Morgan fingerprint density at radius 2 is 2.17 bits per heavy atom. The van der Waals surface area contributed by atoms with Gasteiger partial charge in [-0.25, -0.2) is 0 Å². The van der Waals surface area contributed by atoms with E-state index in [1.54, 1.807) is 0 Å². The van der Waals surface area contributed by atoms with Crippen LogP contribution in [0, 0.1) is 6.42 Å². The summed E-state index contributed by atoms with van der Waals surface area (Å²) in [5.41, 5.74) is 0.828. The minimum absolute atomic E-state index is 0.615. The summed E-state index contributed by atoms with van der Waals surface area (Å²) >= 11 is 0. The van der Waals surface area contributed by atoms with E-state index >= 15 is 0 Å². The van der Waals surface area contributed by atoms with Gasteiger partial charge in [-0.05, 0) is 13.0 Å². The van der Waals surface area contributed by atoms with Gasteiger partial charge in [0.2, 0.25) is 0 Å². The molecule has 0 saturated heterocycles. The smallest absolute Gasteiger partial charge is 0.128 e. The molecule has 0 heterocycles. The standard InChI is InChI=1S/C10H11O2/c1-2-12-10-6-4-3-5-9(10)7-8-11/h3-8H,2H2,1H3. The van der Waals surface area contributed by atoms with E-state index in [2.05, 4.69) is 0 Å². The van der Waals surface area contributed by atoms with Crippen molar-refractivity contribution >= 4 is 6.29 Å². The highest BCUT2D eigenvalue weighted by Gasteiger charge is 2.00. The monoisotopic (exact) mass is 163 g/mol. The van der Waals surface area contributed by atoms with Crippen molar-refractivity contribution in [2.75, 3.05) is 6.61 Å². The van der Waals surface area contributed by atoms with Gasteiger partial charge in [0.25, 0.3) is 0 Å². The molecule has 63 valence electrons. The van der Waals surface area contributed by atoms with Crippen LogP contribution < -0.4 is 4.74 Å². The summed E-state index contributed by atoms with van der Waals surface area (Å²) in [5, 5.41) is 0. The third-order valence-electron chi connectivity index (χ3n) is 1.47. The van der Waals surface area contributed by atoms with Gasteiger partial charge in [-0.3, -0.25) is 0 Å². The molecule has 2 nitrogen and oxygen atoms in total. The highest BCUT2D eigenvalue weighted by molar-refractivity contribution is 5.69. The maximum absolute atomic E-state index is 10.2. The highest BCUT2D eigenvalue weighted by Crippen LogP contribution is 2.18. The first-order chi connectivity index (χ1) is 5.88. The number of rotatable bonds is 4. The third kappa shape index (κ3) is 2.09. The van der Waals surface area contributed by atoms with Gasteiger partial charge in [-0.15, -0.1) is 0 Å². The lowest BCUT2D eigenvalue weighted by atomic mass is 10.1. The van der Waals surface area contributed by atoms with Gasteiger partial charge in [0, 0.05) is 5.56 Å². The van der Waals surface area contributed by atoms with Crippen LogP contribution >= 0.6 is 0 Å². The minimum atomic E-state index is 0.615. The van der Waals surface area contributed by atoms with Crippen molar-refractivity contribution in [1.82, 2.24) is 0 Å². The second-order valence-corrected chi connectivity index (χ2v) is 2.27. The van der Waals surface area contributed by atoms with E-state index in [1.807, 2.05) is 31.2 Å². The highest BCUT2D eigenvalue weighted by atomic mass is 16.5. The fraction of sp³-hybridized carbons (Fsp3) is 0.200. The molecule has 1 radical (unpaired) electrons. The quantitative estimate of drug-likeness (QED) is 0.633. The topological polar surface area (TPSA) is 26.3 Å². The summed E-state index contributed by atoms with van der Waals surface area (Å²) in [6.45, 7) is 2.53. The summed E-state index contributed by atoms with van der Waals surface area (Å²) < 4.78 is 5.30. The van der Waals surface area contributed by atoms with E-state index in [9.17, 15) is 4.79 Å². The molecule has 0 saturated carbocycles. The molecule has 2 heteroatoms. The molecule has 0 aliphatic carbocycles. The molecule has 1 aromatic rings. The number of ether oxygens (including phenoxy) is 1. The second kappa shape index (κ2) is 4.54. The Hall–Kier alpha value is -1.31. The van der Waals surface area contributed by atoms with Gasteiger partial charge >= 0.3 is 0 Å². The van der Waals surface area contributed by atoms with Crippen molar-refractivity contribution in [2.45, 2.75) is 6.92 Å². The predicted octanol–water partition coefficient (Wildman–Crippen LogP) is 1.84. The lowest BCUT2D eigenvalue weighted by Gasteiger charge is -2.06. The van der Waals surface area contributed by atoms with Crippen LogP contribution in [0.5, 0.6) is 5.75 Å². The van der Waals surface area contributed by atoms with E-state index in [1.165, 1.54) is 6.42 Å². The first-order valence-electron chi connectivity index (χ1n) is 3.88. The average Bonchev–Trinajstić information content (AvgIpc) is 2.09. The van der Waals surface area contributed by atoms with Crippen molar-refractivity contribution in [3.8, 4) is 5.75 Å². The van der Waals surface area contributed by atoms with E-state index in [0.717, 1.165) is 17.6 Å². The van der Waals surface area contributed by atoms with Crippen LogP contribution in [0.15, 0.2) is 24.3 Å². The van der Waals surface area contributed by atoms with Gasteiger partial charge in [0.15, 0.2) is 0 Å². The average molecular weight is 163 g/mol. The number of carbonyl (C=O) groups is 1. The molecule has 0 aromatic heterocycles. The number of hydrogen-bond acceptors (Lipinski definition) is 2. The van der Waals surface area contributed by atoms with Crippen molar-refractivity contribution in [2.24, 2.45) is 0 Å². The number of hydrogen-bond donors (Lipinski definition) is 0. The van der Waals surface area contributed by atoms with Gasteiger partial charge in [0.1, 0.15) is 12.0 Å². The first-order valence-corrected chi connectivity index (χ1v) is 3.88. The Labute approximate surface area is 72.2 Å². The van der Waals surface area contributed by atoms with E-state index in [0.29, 0.717) is 6.61 Å². The Balaban J connectivity index is 2.83. The van der Waals surface area contributed by atoms with Crippen LogP contribution in [0.1, 0.15) is 12.5 Å². The Kier molecular flexibility index (Phi) is 3.33. The molecule has 0 aliphatic heterocycles. The lowest BCUT2D eigenvalue weighted by molar-refractivity contribution is -0.104. The molecule has 1 aromatic carbocycles. The maximum atomic E-state index is 10.2. The molecule has 12 heavy (non-hydrogen) atoms. The van der Waals surface area contributed by atoms with Crippen LogP contribution in [0.4, 0.5) is 0 Å². The number of carbonyl (C=O) groups excluding carboxylic acids is 1. The Morgan fingerprint density at radius 1 is 1.42 bits per heavy atom. The summed E-state index contributed by atoms with van der Waals surface area (Å²) in [4.78, 5) is 10.2. The van der Waals surface area contributed by atoms with Crippen molar-refractivity contribution in [3.05, 3.63) is 36.2 Å². The largest absolute Gasteiger partial charge is 0.494 e. The summed E-state index contributed by atoms with van der Waals surface area (Å²) in [5.74, 6) is 0.757. The van der Waals surface area contributed by atoms with Gasteiger partial charge in [0.05, 0.1) is 13.0 Å². The summed E-state index contributed by atoms with van der Waals surface area (Å²) in [6.07, 6.45) is 2.25. The van der Waals surface area contributed by atoms with E-state index < -0.39 is 0 Å². The maximum Gasteiger partial charge on any atom is 0.128 e. The molecule has 0 fully saturated rings. The van der Waals surface area contributed by atoms with Crippen molar-refractivity contribution in [3.63, 3.8) is 0 Å². The van der Waals surface area contributed by atoms with E-state index in [-0.39, 0.29) is 0 Å². The molecule has 0 spiro atoms. The zero-order chi connectivity index (χ0) is 8.81. The Morgan fingerprint density at radius 3 is 2.83 bits per heavy atom. The van der Waals surface area contributed by atoms with Crippen LogP contribution in [0.3, 0.4) is 0 Å². The minimum Gasteiger partial charge on any atom is -0.494 e. The van der Waals surface area contributed by atoms with Crippen LogP contribution in [0.2, 0.25) is 0 Å². The summed E-state index contributed by atoms with van der Waals surface area (Å²) in [6, 6.07) is 7.45. The number of benzene rings is 1. The number of aldehydes is 1. The molecule has 0 amide bonds. The fourth-order valence-electron chi connectivity index (χ4n) is 0.978. The van der Waals surface area contributed by atoms with Crippen LogP contribution in [-0.2, 0) is 4.79 Å². The van der Waals surface area contributed by atoms with Crippen molar-refractivity contribution < 1.29 is 9.53 Å². The molecule has 1 rings (SSSR count). The zero-order valence-corrected chi connectivity index (χ0v) is 6.99. The second-order valence-electron chi connectivity index (χ2n) is 2.27. The first kappa shape index (κ1) is 8.78. The molecule has 0 aliphatic rings. The molecular formula is C10H11O2. The SMILES string of the molecule is CCOc1ccccc1[CH]C=O. The predicted molar refractivity (Wildman–Crippen MR) is 47.1 cm³/mol. The fourth-order valence-corrected chi connectivity index (χ4v) is 0.978. The Bertz CT molecular complexity index is 256. The lowest BCUT2D eigenvalue weighted by Crippen LogP contribution is -1.95. The summed E-state index contributed by atoms with van der Waals surface area (Å²) in [7, 11) is 0. The van der Waals surface area contributed by atoms with Gasteiger partial charge < -0.3 is 9.53 Å². The van der Waals surface area contributed by atoms with Gasteiger partial charge in [-0.1, -0.05) is 18.2 Å². The molecular weight excluding hydrogens is 152 g/mol. The third-order valence-corrected chi connectivity index (χ3v) is 1.47. The molecule has 0 unspecified atom stereocenters. The normalized spacial score (nSPS) is 9.42. The van der Waals surface area contributed by atoms with Crippen LogP contribution in [0.25, 0.3) is 0 Å². The van der Waals surface area contributed by atoms with Gasteiger partial charge in [-0.2, -0.15) is 0 Å². The molecule has 0 bridgehead atoms. The zero-order valence-electron chi connectivity index (χ0n) is 6.99. The van der Waals surface area contributed by atoms with Crippen molar-refractivity contribution in [1.29, 1.82) is 0 Å².